The molecule has 3 nitrogen and oxygen atoms in total. The van der Waals surface area contributed by atoms with Gasteiger partial charge in [-0.05, 0) is 14.1 Å². The molecule has 0 amide bonds. The van der Waals surface area contributed by atoms with E-state index in [0.717, 1.165) is 0 Å². The van der Waals surface area contributed by atoms with Crippen LogP contribution in [0.1, 0.15) is 0 Å². The quantitative estimate of drug-likeness (QED) is 0.564. The lowest BCUT2D eigenvalue weighted by atomic mass is 10.4. The highest BCUT2D eigenvalue weighted by molar-refractivity contribution is 4.55. The number of methoxy groups -OCH3 is 1. The number of ether oxygens (including phenoxy) is 1. The number of rotatable bonds is 4. The molecule has 0 aliphatic heterocycles. The monoisotopic (exact) mass is 133 g/mol. The van der Waals surface area contributed by atoms with Crippen LogP contribution in [0.4, 0.5) is 0 Å². The van der Waals surface area contributed by atoms with Crippen LogP contribution in [0.3, 0.4) is 0 Å². The maximum absolute atomic E-state index is 9.05. The van der Waals surface area contributed by atoms with Crippen molar-refractivity contribution in [2.75, 3.05) is 34.4 Å². The zero-order valence-electron chi connectivity index (χ0n) is 6.29. The molecule has 0 aliphatic rings. The number of nitrogens with zero attached hydrogens (tertiary/aromatic N) is 1. The molecule has 1 atom stereocenters. The molecule has 1 N–H and O–H groups in total. The minimum atomic E-state index is -0.356. The molecule has 0 aromatic heterocycles. The minimum absolute atomic E-state index is 0.356. The molecule has 0 radical (unpaired) electrons. The van der Waals surface area contributed by atoms with Gasteiger partial charge in [-0.3, -0.25) is 0 Å². The van der Waals surface area contributed by atoms with E-state index in [4.69, 9.17) is 9.84 Å². The number of hydrogen-bond donors (Lipinski definition) is 1. The molecule has 0 fully saturated rings. The van der Waals surface area contributed by atoms with E-state index >= 15 is 0 Å². The minimum Gasteiger partial charge on any atom is -0.389 e. The van der Waals surface area contributed by atoms with Gasteiger partial charge in [0.15, 0.2) is 0 Å². The molecule has 56 valence electrons. The Balaban J connectivity index is 3.15. The van der Waals surface area contributed by atoms with Gasteiger partial charge in [-0.2, -0.15) is 0 Å². The molecule has 0 aromatic rings. The molecule has 0 aliphatic carbocycles. The summed E-state index contributed by atoms with van der Waals surface area (Å²) in [6.07, 6.45) is -0.356. The predicted octanol–water partition coefficient (Wildman–Crippen LogP) is -0.445. The topological polar surface area (TPSA) is 32.7 Å². The van der Waals surface area contributed by atoms with Crippen LogP contribution >= 0.6 is 0 Å². The molecule has 0 heterocycles. The zero-order chi connectivity index (χ0) is 7.28. The fourth-order valence-electron chi connectivity index (χ4n) is 0.667. The van der Waals surface area contributed by atoms with E-state index in [2.05, 4.69) is 0 Å². The number of aliphatic hydroxyl groups is 1. The van der Waals surface area contributed by atoms with Crippen LogP contribution in [0.25, 0.3) is 0 Å². The molecule has 3 heteroatoms. The van der Waals surface area contributed by atoms with E-state index < -0.39 is 0 Å². The summed E-state index contributed by atoms with van der Waals surface area (Å²) in [5, 5.41) is 9.05. The molecule has 0 unspecified atom stereocenters. The van der Waals surface area contributed by atoms with Crippen LogP contribution < -0.4 is 0 Å². The van der Waals surface area contributed by atoms with Crippen molar-refractivity contribution in [3.05, 3.63) is 0 Å². The summed E-state index contributed by atoms with van der Waals surface area (Å²) in [7, 11) is 5.41. The van der Waals surface area contributed by atoms with E-state index in [1.165, 1.54) is 0 Å². The lowest BCUT2D eigenvalue weighted by Crippen LogP contribution is -2.29. The number of aliphatic hydroxyl groups excluding tert-OH is 1. The van der Waals surface area contributed by atoms with Crippen molar-refractivity contribution in [1.29, 1.82) is 0 Å². The van der Waals surface area contributed by atoms with Gasteiger partial charge in [0.2, 0.25) is 0 Å². The number of hydrogen-bond acceptors (Lipinski definition) is 3. The van der Waals surface area contributed by atoms with Crippen molar-refractivity contribution >= 4 is 0 Å². The molecular formula is C6H15NO2. The highest BCUT2D eigenvalue weighted by Crippen LogP contribution is 1.85. The first kappa shape index (κ1) is 8.88. The first-order valence-corrected chi connectivity index (χ1v) is 2.98. The average Bonchev–Trinajstić information content (AvgIpc) is 1.63. The smallest absolute Gasteiger partial charge is 0.0899 e. The van der Waals surface area contributed by atoms with E-state index in [1.54, 1.807) is 7.11 Å². The second-order valence-electron chi connectivity index (χ2n) is 2.37. The summed E-state index contributed by atoms with van der Waals surface area (Å²) >= 11 is 0. The van der Waals surface area contributed by atoms with Crippen molar-refractivity contribution in [1.82, 2.24) is 4.90 Å². The van der Waals surface area contributed by atoms with Crippen molar-refractivity contribution in [2.24, 2.45) is 0 Å². The molecule has 0 saturated heterocycles. The molecular weight excluding hydrogens is 118 g/mol. The van der Waals surface area contributed by atoms with Gasteiger partial charge in [0, 0.05) is 13.7 Å². The molecule has 0 saturated carbocycles. The first-order chi connectivity index (χ1) is 4.16. The number of likely N-dealkylation sites (N-methyl/N-ethyl adjacent to an activating group) is 1. The zero-order valence-corrected chi connectivity index (χ0v) is 6.29. The van der Waals surface area contributed by atoms with Crippen LogP contribution in [0.15, 0.2) is 0 Å². The van der Waals surface area contributed by atoms with Crippen LogP contribution in [0, 0.1) is 0 Å². The lowest BCUT2D eigenvalue weighted by Gasteiger charge is -2.14. The Labute approximate surface area is 56.2 Å². The van der Waals surface area contributed by atoms with E-state index in [0.29, 0.717) is 13.2 Å². The summed E-state index contributed by atoms with van der Waals surface area (Å²) in [4.78, 5) is 1.92. The summed E-state index contributed by atoms with van der Waals surface area (Å²) < 4.78 is 4.73. The highest BCUT2D eigenvalue weighted by atomic mass is 16.5. The Morgan fingerprint density at radius 3 is 2.44 bits per heavy atom. The van der Waals surface area contributed by atoms with Crippen LogP contribution in [0.2, 0.25) is 0 Å². The molecule has 0 spiro atoms. The molecule has 9 heavy (non-hydrogen) atoms. The second-order valence-corrected chi connectivity index (χ2v) is 2.37. The molecule has 0 aromatic carbocycles. The van der Waals surface area contributed by atoms with Gasteiger partial charge in [-0.1, -0.05) is 0 Å². The van der Waals surface area contributed by atoms with Crippen molar-refractivity contribution < 1.29 is 9.84 Å². The largest absolute Gasteiger partial charge is 0.389 e. The van der Waals surface area contributed by atoms with Gasteiger partial charge >= 0.3 is 0 Å². The van der Waals surface area contributed by atoms with Gasteiger partial charge in [-0.25, -0.2) is 0 Å². The third kappa shape index (κ3) is 5.76. The molecule has 0 bridgehead atoms. The third-order valence-electron chi connectivity index (χ3n) is 0.935. The van der Waals surface area contributed by atoms with Crippen LogP contribution in [0.5, 0.6) is 0 Å². The van der Waals surface area contributed by atoms with Crippen LogP contribution in [-0.2, 0) is 4.74 Å². The normalized spacial score (nSPS) is 14.3. The maximum Gasteiger partial charge on any atom is 0.0899 e. The average molecular weight is 133 g/mol. The van der Waals surface area contributed by atoms with Gasteiger partial charge in [0.05, 0.1) is 12.7 Å². The van der Waals surface area contributed by atoms with Crippen molar-refractivity contribution in [3.63, 3.8) is 0 Å². The SMILES string of the molecule is COC[C@H](O)CN(C)C. The summed E-state index contributed by atoms with van der Waals surface area (Å²) in [6, 6.07) is 0. The van der Waals surface area contributed by atoms with Crippen LogP contribution in [-0.4, -0.2) is 50.5 Å². The standard InChI is InChI=1S/C6H15NO2/c1-7(2)4-6(8)5-9-3/h6,8H,4-5H2,1-3H3/t6-/m1/s1. The van der Waals surface area contributed by atoms with Crippen molar-refractivity contribution in [2.45, 2.75) is 6.10 Å². The van der Waals surface area contributed by atoms with E-state index in [-0.39, 0.29) is 6.10 Å². The lowest BCUT2D eigenvalue weighted by molar-refractivity contribution is 0.0479. The van der Waals surface area contributed by atoms with E-state index in [1.807, 2.05) is 19.0 Å². The first-order valence-electron chi connectivity index (χ1n) is 2.98. The Morgan fingerprint density at radius 1 is 1.56 bits per heavy atom. The van der Waals surface area contributed by atoms with E-state index in [9.17, 15) is 0 Å². The Bertz CT molecular complexity index is 66.1. The van der Waals surface area contributed by atoms with Gasteiger partial charge < -0.3 is 14.7 Å². The van der Waals surface area contributed by atoms with Gasteiger partial charge in [0.25, 0.3) is 0 Å². The second kappa shape index (κ2) is 4.73. The maximum atomic E-state index is 9.05. The highest BCUT2D eigenvalue weighted by Gasteiger charge is 2.02. The Kier molecular flexibility index (Phi) is 4.67. The molecule has 0 rings (SSSR count). The Hall–Kier alpha value is -0.120. The summed E-state index contributed by atoms with van der Waals surface area (Å²) in [5.74, 6) is 0. The predicted molar refractivity (Wildman–Crippen MR) is 36.4 cm³/mol. The van der Waals surface area contributed by atoms with Gasteiger partial charge in [-0.15, -0.1) is 0 Å². The van der Waals surface area contributed by atoms with Crippen molar-refractivity contribution in [3.8, 4) is 0 Å². The fraction of sp³-hybridized carbons (Fsp3) is 1.00. The van der Waals surface area contributed by atoms with Gasteiger partial charge in [0.1, 0.15) is 0 Å². The Morgan fingerprint density at radius 2 is 2.11 bits per heavy atom. The third-order valence-corrected chi connectivity index (χ3v) is 0.935. The summed E-state index contributed by atoms with van der Waals surface area (Å²) in [5.41, 5.74) is 0. The summed E-state index contributed by atoms with van der Waals surface area (Å²) in [6.45, 7) is 1.08. The fourth-order valence-corrected chi connectivity index (χ4v) is 0.667.